The standard InChI is InChI=1S/C21H27F2NO4/c22-18-10-6-15(14-19(18)23)13-17(25)9-7-16-8-11-20(26)24(16)12-4-2-1-3-5-21(27)28/h6-7,9-10,14,16-17,25H,1-5,8,11-13H2,(H,27,28)/b9-7+/t16-,17+/m0/s1. The molecule has 0 aliphatic carbocycles. The van der Waals surface area contributed by atoms with Gasteiger partial charge in [-0.05, 0) is 37.0 Å². The van der Waals surface area contributed by atoms with Crippen LogP contribution in [0.4, 0.5) is 8.78 Å². The molecule has 1 saturated heterocycles. The number of rotatable bonds is 11. The van der Waals surface area contributed by atoms with Crippen LogP contribution in [0.1, 0.15) is 50.5 Å². The molecule has 154 valence electrons. The first-order chi connectivity index (χ1) is 13.4. The molecular weight excluding hydrogens is 368 g/mol. The van der Waals surface area contributed by atoms with Gasteiger partial charge in [0, 0.05) is 25.8 Å². The predicted octanol–water partition coefficient (Wildman–Crippen LogP) is 3.45. The third-order valence-corrected chi connectivity index (χ3v) is 4.90. The molecule has 0 radical (unpaired) electrons. The molecule has 0 bridgehead atoms. The summed E-state index contributed by atoms with van der Waals surface area (Å²) in [6.45, 7) is 0.611. The minimum Gasteiger partial charge on any atom is -0.481 e. The van der Waals surface area contributed by atoms with E-state index in [4.69, 9.17) is 5.11 Å². The lowest BCUT2D eigenvalue weighted by Crippen LogP contribution is -2.32. The molecule has 28 heavy (non-hydrogen) atoms. The van der Waals surface area contributed by atoms with Crippen LogP contribution in [0.15, 0.2) is 30.4 Å². The molecule has 1 amide bonds. The Morgan fingerprint density at radius 1 is 1.21 bits per heavy atom. The Labute approximate surface area is 163 Å². The molecule has 0 spiro atoms. The van der Waals surface area contributed by atoms with Crippen LogP contribution >= 0.6 is 0 Å². The number of aliphatic carboxylic acids is 1. The second kappa shape index (κ2) is 10.9. The second-order valence-electron chi connectivity index (χ2n) is 7.16. The van der Waals surface area contributed by atoms with E-state index in [1.165, 1.54) is 6.07 Å². The minimum absolute atomic E-state index is 0.0777. The summed E-state index contributed by atoms with van der Waals surface area (Å²) in [5.41, 5.74) is 0.497. The van der Waals surface area contributed by atoms with Gasteiger partial charge >= 0.3 is 5.97 Å². The molecule has 1 heterocycles. The highest BCUT2D eigenvalue weighted by molar-refractivity contribution is 5.79. The van der Waals surface area contributed by atoms with Gasteiger partial charge in [0.1, 0.15) is 0 Å². The Morgan fingerprint density at radius 3 is 2.68 bits per heavy atom. The van der Waals surface area contributed by atoms with Crippen LogP contribution in [0.25, 0.3) is 0 Å². The van der Waals surface area contributed by atoms with Gasteiger partial charge in [-0.15, -0.1) is 0 Å². The fourth-order valence-corrected chi connectivity index (χ4v) is 3.39. The van der Waals surface area contributed by atoms with Crippen molar-refractivity contribution in [2.45, 2.75) is 63.5 Å². The number of hydrogen-bond acceptors (Lipinski definition) is 3. The molecule has 0 saturated carbocycles. The molecule has 2 rings (SSSR count). The molecule has 0 unspecified atom stereocenters. The number of carbonyl (C=O) groups excluding carboxylic acids is 1. The number of benzene rings is 1. The van der Waals surface area contributed by atoms with Gasteiger partial charge in [0.25, 0.3) is 0 Å². The summed E-state index contributed by atoms with van der Waals surface area (Å²) in [6, 6.07) is 3.47. The van der Waals surface area contributed by atoms with Crippen molar-refractivity contribution in [1.29, 1.82) is 0 Å². The number of hydrogen-bond donors (Lipinski definition) is 2. The van der Waals surface area contributed by atoms with Crippen LogP contribution in [0.3, 0.4) is 0 Å². The van der Waals surface area contributed by atoms with Crippen molar-refractivity contribution in [2.24, 2.45) is 0 Å². The number of nitrogens with zero attached hydrogens (tertiary/aromatic N) is 1. The summed E-state index contributed by atoms with van der Waals surface area (Å²) in [4.78, 5) is 24.3. The fourth-order valence-electron chi connectivity index (χ4n) is 3.39. The van der Waals surface area contributed by atoms with Crippen molar-refractivity contribution in [3.8, 4) is 0 Å². The molecular formula is C21H27F2NO4. The predicted molar refractivity (Wildman–Crippen MR) is 101 cm³/mol. The number of halogens is 2. The van der Waals surface area contributed by atoms with Crippen molar-refractivity contribution in [3.05, 3.63) is 47.5 Å². The lowest BCUT2D eigenvalue weighted by atomic mass is 10.1. The number of amides is 1. The zero-order chi connectivity index (χ0) is 20.5. The number of aliphatic hydroxyl groups excluding tert-OH is 1. The fraction of sp³-hybridized carbons (Fsp3) is 0.524. The SMILES string of the molecule is O=C(O)CCCCCCN1C(=O)CC[C@@H]1/C=C/[C@@H](O)Cc1ccc(F)c(F)c1. The van der Waals surface area contributed by atoms with E-state index in [2.05, 4.69) is 0 Å². The molecule has 5 nitrogen and oxygen atoms in total. The van der Waals surface area contributed by atoms with Crippen LogP contribution in [0, 0.1) is 11.6 Å². The number of carboxylic acid groups (broad SMARTS) is 1. The van der Waals surface area contributed by atoms with Gasteiger partial charge in [0.2, 0.25) is 5.91 Å². The Balaban J connectivity index is 1.79. The molecule has 1 aromatic rings. The first-order valence-electron chi connectivity index (χ1n) is 9.68. The monoisotopic (exact) mass is 395 g/mol. The third-order valence-electron chi connectivity index (χ3n) is 4.90. The summed E-state index contributed by atoms with van der Waals surface area (Å²) >= 11 is 0. The maximum absolute atomic E-state index is 13.2. The highest BCUT2D eigenvalue weighted by atomic mass is 19.2. The Bertz CT molecular complexity index is 708. The van der Waals surface area contributed by atoms with Crippen LogP contribution in [0.5, 0.6) is 0 Å². The quantitative estimate of drug-likeness (QED) is 0.444. The van der Waals surface area contributed by atoms with Gasteiger partial charge in [-0.3, -0.25) is 9.59 Å². The smallest absolute Gasteiger partial charge is 0.303 e. The average Bonchev–Trinajstić information content (AvgIpc) is 2.99. The lowest BCUT2D eigenvalue weighted by molar-refractivity contribution is -0.137. The summed E-state index contributed by atoms with van der Waals surface area (Å²) < 4.78 is 26.2. The number of unbranched alkanes of at least 4 members (excludes halogenated alkanes) is 3. The topological polar surface area (TPSA) is 77.8 Å². The normalized spacial score (nSPS) is 18.2. The van der Waals surface area contributed by atoms with E-state index in [9.17, 15) is 23.5 Å². The number of likely N-dealkylation sites (tertiary alicyclic amines) is 1. The van der Waals surface area contributed by atoms with Crippen molar-refractivity contribution < 1.29 is 28.6 Å². The molecule has 1 fully saturated rings. The minimum atomic E-state index is -0.940. The zero-order valence-corrected chi connectivity index (χ0v) is 15.8. The van der Waals surface area contributed by atoms with Crippen molar-refractivity contribution in [2.75, 3.05) is 6.54 Å². The first-order valence-corrected chi connectivity index (χ1v) is 9.68. The van der Waals surface area contributed by atoms with Gasteiger partial charge in [0.05, 0.1) is 12.1 Å². The van der Waals surface area contributed by atoms with Crippen molar-refractivity contribution in [1.82, 2.24) is 4.90 Å². The zero-order valence-electron chi connectivity index (χ0n) is 15.8. The van der Waals surface area contributed by atoms with Gasteiger partial charge in [0.15, 0.2) is 11.6 Å². The van der Waals surface area contributed by atoms with Crippen LogP contribution in [-0.2, 0) is 16.0 Å². The lowest BCUT2D eigenvalue weighted by Gasteiger charge is -2.22. The summed E-state index contributed by atoms with van der Waals surface area (Å²) in [5, 5.41) is 18.8. The van der Waals surface area contributed by atoms with Gasteiger partial charge in [-0.1, -0.05) is 31.1 Å². The maximum Gasteiger partial charge on any atom is 0.303 e. The Morgan fingerprint density at radius 2 is 1.96 bits per heavy atom. The average molecular weight is 395 g/mol. The van der Waals surface area contributed by atoms with Crippen LogP contribution in [-0.4, -0.2) is 45.7 Å². The molecule has 7 heteroatoms. The molecule has 1 aliphatic heterocycles. The van der Waals surface area contributed by atoms with E-state index < -0.39 is 23.7 Å². The third kappa shape index (κ3) is 7.03. The first kappa shape index (κ1) is 22.0. The number of carboxylic acids is 1. The van der Waals surface area contributed by atoms with E-state index in [0.29, 0.717) is 31.4 Å². The van der Waals surface area contributed by atoms with Crippen molar-refractivity contribution >= 4 is 11.9 Å². The van der Waals surface area contributed by atoms with E-state index in [1.54, 1.807) is 17.1 Å². The largest absolute Gasteiger partial charge is 0.481 e. The second-order valence-corrected chi connectivity index (χ2v) is 7.16. The van der Waals surface area contributed by atoms with E-state index >= 15 is 0 Å². The molecule has 1 aliphatic rings. The molecule has 2 N–H and O–H groups in total. The summed E-state index contributed by atoms with van der Waals surface area (Å²) in [7, 11) is 0. The van der Waals surface area contributed by atoms with E-state index in [0.717, 1.165) is 31.4 Å². The van der Waals surface area contributed by atoms with E-state index in [-0.39, 0.29) is 24.8 Å². The van der Waals surface area contributed by atoms with Crippen LogP contribution < -0.4 is 0 Å². The summed E-state index contributed by atoms with van der Waals surface area (Å²) in [5.74, 6) is -2.57. The number of aliphatic hydroxyl groups is 1. The van der Waals surface area contributed by atoms with Gasteiger partial charge in [-0.2, -0.15) is 0 Å². The van der Waals surface area contributed by atoms with Gasteiger partial charge < -0.3 is 15.1 Å². The molecule has 1 aromatic carbocycles. The maximum atomic E-state index is 13.2. The molecule has 2 atom stereocenters. The number of carbonyl (C=O) groups is 2. The Hall–Kier alpha value is -2.28. The summed E-state index contributed by atoms with van der Waals surface area (Å²) in [6.07, 6.45) is 7.19. The molecule has 0 aromatic heterocycles. The van der Waals surface area contributed by atoms with Crippen LogP contribution in [0.2, 0.25) is 0 Å². The Kier molecular flexibility index (Phi) is 8.57. The van der Waals surface area contributed by atoms with Gasteiger partial charge in [-0.25, -0.2) is 8.78 Å². The highest BCUT2D eigenvalue weighted by Crippen LogP contribution is 2.21. The highest BCUT2D eigenvalue weighted by Gasteiger charge is 2.28. The van der Waals surface area contributed by atoms with E-state index in [1.807, 2.05) is 0 Å². The van der Waals surface area contributed by atoms with Crippen molar-refractivity contribution in [3.63, 3.8) is 0 Å².